The lowest BCUT2D eigenvalue weighted by atomic mass is 10.0. The van der Waals surface area contributed by atoms with Gasteiger partial charge in [0.25, 0.3) is 5.91 Å². The molecule has 3 aromatic carbocycles. The molecule has 0 fully saturated rings. The predicted octanol–water partition coefficient (Wildman–Crippen LogP) is 5.00. The molecule has 0 radical (unpaired) electrons. The number of carbonyl (C=O) groups excluding carboxylic acids is 1. The molecule has 122 valence electrons. The molecule has 3 rings (SSSR count). The van der Waals surface area contributed by atoms with E-state index < -0.39 is 5.91 Å². The first-order valence-corrected chi connectivity index (χ1v) is 8.06. The van der Waals surface area contributed by atoms with Crippen LogP contribution in [0.2, 0.25) is 0 Å². The van der Waals surface area contributed by atoms with Crippen LogP contribution in [0.3, 0.4) is 0 Å². The van der Waals surface area contributed by atoms with Crippen LogP contribution in [-0.4, -0.2) is 5.91 Å². The third-order valence-corrected chi connectivity index (χ3v) is 4.12. The highest BCUT2D eigenvalue weighted by molar-refractivity contribution is 6.11. The molecule has 3 nitrogen and oxygen atoms in total. The zero-order valence-corrected chi connectivity index (χ0v) is 14.2. The van der Waals surface area contributed by atoms with E-state index in [1.165, 1.54) is 0 Å². The molecule has 0 aliphatic heterocycles. The number of rotatable bonds is 3. The molecule has 0 saturated carbocycles. The first-order chi connectivity index (χ1) is 12.1. The van der Waals surface area contributed by atoms with Crippen molar-refractivity contribution in [2.75, 3.05) is 5.32 Å². The van der Waals surface area contributed by atoms with Crippen LogP contribution in [0.1, 0.15) is 16.7 Å². The van der Waals surface area contributed by atoms with Gasteiger partial charge in [-0.2, -0.15) is 5.26 Å². The molecule has 0 aliphatic carbocycles. The fourth-order valence-electron chi connectivity index (χ4n) is 2.82. The number of hydrogen-bond donors (Lipinski definition) is 1. The summed E-state index contributed by atoms with van der Waals surface area (Å²) in [7, 11) is 0. The monoisotopic (exact) mass is 326 g/mol. The molecule has 0 atom stereocenters. The van der Waals surface area contributed by atoms with Crippen LogP contribution in [0.4, 0.5) is 5.69 Å². The Balaban J connectivity index is 1.94. The second kappa shape index (κ2) is 7.02. The Morgan fingerprint density at radius 1 is 1.04 bits per heavy atom. The second-order valence-corrected chi connectivity index (χ2v) is 6.01. The number of nitriles is 1. The van der Waals surface area contributed by atoms with Gasteiger partial charge in [0.2, 0.25) is 0 Å². The van der Waals surface area contributed by atoms with Crippen molar-refractivity contribution in [3.8, 4) is 6.07 Å². The summed E-state index contributed by atoms with van der Waals surface area (Å²) in [6.07, 6.45) is 1.64. The highest BCUT2D eigenvalue weighted by Gasteiger charge is 2.11. The fourth-order valence-corrected chi connectivity index (χ4v) is 2.82. The van der Waals surface area contributed by atoms with Gasteiger partial charge in [0.1, 0.15) is 11.6 Å². The molecule has 0 bridgehead atoms. The lowest BCUT2D eigenvalue weighted by Crippen LogP contribution is -2.14. The Kier molecular flexibility index (Phi) is 4.63. The molecule has 1 N–H and O–H groups in total. The van der Waals surface area contributed by atoms with E-state index in [4.69, 9.17) is 0 Å². The Hall–Kier alpha value is -3.38. The Bertz CT molecular complexity index is 1020. The zero-order chi connectivity index (χ0) is 17.8. The number of nitrogens with one attached hydrogen (secondary N) is 1. The number of fused-ring (bicyclic) bond motifs is 1. The highest BCUT2D eigenvalue weighted by Crippen LogP contribution is 2.22. The van der Waals surface area contributed by atoms with E-state index in [1.807, 2.05) is 80.6 Å². The zero-order valence-electron chi connectivity index (χ0n) is 14.2. The first kappa shape index (κ1) is 16.5. The number of benzene rings is 3. The van der Waals surface area contributed by atoms with Crippen LogP contribution in [-0.2, 0) is 4.79 Å². The molecule has 0 unspecified atom stereocenters. The van der Waals surface area contributed by atoms with Crippen LogP contribution in [0.25, 0.3) is 16.8 Å². The van der Waals surface area contributed by atoms with Crippen LogP contribution >= 0.6 is 0 Å². The van der Waals surface area contributed by atoms with Crippen molar-refractivity contribution < 1.29 is 4.79 Å². The highest BCUT2D eigenvalue weighted by atomic mass is 16.1. The van der Waals surface area contributed by atoms with Crippen molar-refractivity contribution in [2.24, 2.45) is 0 Å². The van der Waals surface area contributed by atoms with Gasteiger partial charge in [-0.15, -0.1) is 0 Å². The van der Waals surface area contributed by atoms with Gasteiger partial charge in [-0.05, 0) is 47.9 Å². The normalized spacial score (nSPS) is 11.2. The molecule has 0 heterocycles. The van der Waals surface area contributed by atoms with Gasteiger partial charge in [-0.1, -0.05) is 60.2 Å². The minimum atomic E-state index is -0.401. The summed E-state index contributed by atoms with van der Waals surface area (Å²) < 4.78 is 0. The predicted molar refractivity (Wildman–Crippen MR) is 102 cm³/mol. The third kappa shape index (κ3) is 3.59. The SMILES string of the molecule is Cc1ccc(NC(=O)/C(C#N)=C\c2cccc3ccccc23)c(C)c1. The van der Waals surface area contributed by atoms with Crippen molar-refractivity contribution in [1.29, 1.82) is 5.26 Å². The van der Waals surface area contributed by atoms with Gasteiger partial charge in [0.15, 0.2) is 0 Å². The molecule has 0 spiro atoms. The van der Waals surface area contributed by atoms with Crippen molar-refractivity contribution >= 4 is 28.4 Å². The molecule has 25 heavy (non-hydrogen) atoms. The second-order valence-electron chi connectivity index (χ2n) is 6.01. The minimum Gasteiger partial charge on any atom is -0.321 e. The molecule has 1 amide bonds. The maximum absolute atomic E-state index is 12.5. The summed E-state index contributed by atoms with van der Waals surface area (Å²) >= 11 is 0. The summed E-state index contributed by atoms with van der Waals surface area (Å²) in [5.74, 6) is -0.401. The van der Waals surface area contributed by atoms with Gasteiger partial charge in [-0.3, -0.25) is 4.79 Å². The number of nitrogens with zero attached hydrogens (tertiary/aromatic N) is 1. The summed E-state index contributed by atoms with van der Waals surface area (Å²) in [6.45, 7) is 3.93. The number of anilines is 1. The van der Waals surface area contributed by atoms with E-state index in [1.54, 1.807) is 6.08 Å². The molecule has 0 saturated heterocycles. The quantitative estimate of drug-likeness (QED) is 0.544. The van der Waals surface area contributed by atoms with Crippen LogP contribution in [0, 0.1) is 25.2 Å². The largest absolute Gasteiger partial charge is 0.321 e. The number of amides is 1. The Morgan fingerprint density at radius 2 is 1.80 bits per heavy atom. The standard InChI is InChI=1S/C22H18N2O/c1-15-10-11-21(16(2)12-15)24-22(25)19(14-23)13-18-8-5-7-17-6-3-4-9-20(17)18/h3-13H,1-2H3,(H,24,25)/b19-13-. The molecule has 3 heteroatoms. The third-order valence-electron chi connectivity index (χ3n) is 4.12. The molecule has 3 aromatic rings. The average molecular weight is 326 g/mol. The fraction of sp³-hybridized carbons (Fsp3) is 0.0909. The van der Waals surface area contributed by atoms with E-state index in [2.05, 4.69) is 5.32 Å². The topological polar surface area (TPSA) is 52.9 Å². The van der Waals surface area contributed by atoms with Crippen LogP contribution < -0.4 is 5.32 Å². The van der Waals surface area contributed by atoms with Gasteiger partial charge >= 0.3 is 0 Å². The van der Waals surface area contributed by atoms with E-state index in [9.17, 15) is 10.1 Å². The number of aryl methyl sites for hydroxylation is 2. The van der Waals surface area contributed by atoms with Gasteiger partial charge in [0.05, 0.1) is 0 Å². The first-order valence-electron chi connectivity index (χ1n) is 8.06. The smallest absolute Gasteiger partial charge is 0.266 e. The van der Waals surface area contributed by atoms with Crippen molar-refractivity contribution in [2.45, 2.75) is 13.8 Å². The minimum absolute atomic E-state index is 0.0799. The van der Waals surface area contributed by atoms with E-state index >= 15 is 0 Å². The molecule has 0 aromatic heterocycles. The molecular formula is C22H18N2O. The van der Waals surface area contributed by atoms with Crippen molar-refractivity contribution in [3.63, 3.8) is 0 Å². The summed E-state index contributed by atoms with van der Waals surface area (Å²) in [6, 6.07) is 21.5. The summed E-state index contributed by atoms with van der Waals surface area (Å²) in [4.78, 5) is 12.5. The maximum atomic E-state index is 12.5. The molecule has 0 aliphatic rings. The van der Waals surface area contributed by atoms with E-state index in [0.29, 0.717) is 0 Å². The maximum Gasteiger partial charge on any atom is 0.266 e. The number of hydrogen-bond acceptors (Lipinski definition) is 2. The van der Waals surface area contributed by atoms with Gasteiger partial charge in [0, 0.05) is 5.69 Å². The van der Waals surface area contributed by atoms with Crippen LogP contribution in [0.15, 0.2) is 66.2 Å². The lowest BCUT2D eigenvalue weighted by molar-refractivity contribution is -0.112. The van der Waals surface area contributed by atoms with E-state index in [-0.39, 0.29) is 5.57 Å². The number of carbonyl (C=O) groups is 1. The Morgan fingerprint density at radius 3 is 2.56 bits per heavy atom. The van der Waals surface area contributed by atoms with Crippen molar-refractivity contribution in [3.05, 3.63) is 82.9 Å². The summed E-state index contributed by atoms with van der Waals surface area (Å²) in [5, 5.41) is 14.4. The van der Waals surface area contributed by atoms with Crippen molar-refractivity contribution in [1.82, 2.24) is 0 Å². The molecular weight excluding hydrogens is 308 g/mol. The van der Waals surface area contributed by atoms with E-state index in [0.717, 1.165) is 33.2 Å². The van der Waals surface area contributed by atoms with Gasteiger partial charge in [-0.25, -0.2) is 0 Å². The van der Waals surface area contributed by atoms with Gasteiger partial charge < -0.3 is 5.32 Å². The average Bonchev–Trinajstić information content (AvgIpc) is 2.62. The van der Waals surface area contributed by atoms with Crippen LogP contribution in [0.5, 0.6) is 0 Å². The summed E-state index contributed by atoms with van der Waals surface area (Å²) in [5.41, 5.74) is 3.74. The Labute approximate surface area is 147 Å². The lowest BCUT2D eigenvalue weighted by Gasteiger charge is -2.09.